The molecule has 1 N–H and O–H groups in total. The zero-order chi connectivity index (χ0) is 19.7. The lowest BCUT2D eigenvalue weighted by Crippen LogP contribution is -2.14. The van der Waals surface area contributed by atoms with Gasteiger partial charge in [-0.15, -0.1) is 11.3 Å². The van der Waals surface area contributed by atoms with E-state index < -0.39 is 0 Å². The van der Waals surface area contributed by atoms with Crippen molar-refractivity contribution in [3.63, 3.8) is 0 Å². The van der Waals surface area contributed by atoms with Crippen LogP contribution < -0.4 is 5.32 Å². The summed E-state index contributed by atoms with van der Waals surface area (Å²) in [4.78, 5) is 23.8. The van der Waals surface area contributed by atoms with Crippen molar-refractivity contribution in [3.05, 3.63) is 64.9 Å². The molecule has 0 aliphatic carbocycles. The van der Waals surface area contributed by atoms with Gasteiger partial charge in [0, 0.05) is 17.3 Å². The standard InChI is InChI=1S/C20H20N6OS/c1-13-16(19(27)24-20-22-15(12-28-20)11-25(2)3)10-21-26(13)18-9-8-14-6-4-5-7-17(14)23-18/h4-10,12H,11H2,1-3H3,(H,22,24,27). The Hall–Kier alpha value is -3.10. The number of carbonyl (C=O) groups excluding carboxylic acids is 1. The molecule has 0 saturated heterocycles. The Kier molecular flexibility index (Phi) is 4.89. The molecule has 1 aromatic carbocycles. The number of thiazole rings is 1. The molecule has 0 unspecified atom stereocenters. The van der Waals surface area contributed by atoms with Crippen LogP contribution in [0.1, 0.15) is 21.7 Å². The summed E-state index contributed by atoms with van der Waals surface area (Å²) in [6, 6.07) is 11.8. The topological polar surface area (TPSA) is 75.9 Å². The highest BCUT2D eigenvalue weighted by Crippen LogP contribution is 2.20. The SMILES string of the molecule is Cc1c(C(=O)Nc2nc(CN(C)C)cs2)cnn1-c1ccc2ccccc2n1. The summed E-state index contributed by atoms with van der Waals surface area (Å²) in [6.07, 6.45) is 1.57. The van der Waals surface area contributed by atoms with E-state index in [-0.39, 0.29) is 5.91 Å². The lowest BCUT2D eigenvalue weighted by atomic mass is 10.2. The van der Waals surface area contributed by atoms with Crippen LogP contribution in [0.25, 0.3) is 16.7 Å². The van der Waals surface area contributed by atoms with E-state index in [2.05, 4.69) is 20.4 Å². The molecule has 0 fully saturated rings. The molecular formula is C20H20N6OS. The van der Waals surface area contributed by atoms with Gasteiger partial charge in [0.05, 0.1) is 28.7 Å². The van der Waals surface area contributed by atoms with Crippen molar-refractivity contribution < 1.29 is 4.79 Å². The molecule has 28 heavy (non-hydrogen) atoms. The third kappa shape index (κ3) is 3.64. The van der Waals surface area contributed by atoms with E-state index >= 15 is 0 Å². The van der Waals surface area contributed by atoms with Crippen LogP contribution in [0.5, 0.6) is 0 Å². The van der Waals surface area contributed by atoms with Gasteiger partial charge in [-0.2, -0.15) is 5.10 Å². The van der Waals surface area contributed by atoms with Crippen molar-refractivity contribution in [1.29, 1.82) is 0 Å². The van der Waals surface area contributed by atoms with Crippen LogP contribution in [-0.4, -0.2) is 44.7 Å². The molecule has 3 heterocycles. The van der Waals surface area contributed by atoms with Gasteiger partial charge in [0.2, 0.25) is 0 Å². The average Bonchev–Trinajstić information content (AvgIpc) is 3.27. The number of amides is 1. The first kappa shape index (κ1) is 18.3. The second kappa shape index (κ2) is 7.49. The van der Waals surface area contributed by atoms with E-state index in [0.29, 0.717) is 16.5 Å². The molecule has 8 heteroatoms. The molecule has 0 radical (unpaired) electrons. The number of benzene rings is 1. The quantitative estimate of drug-likeness (QED) is 0.563. The normalized spacial score (nSPS) is 11.3. The average molecular weight is 392 g/mol. The van der Waals surface area contributed by atoms with E-state index in [9.17, 15) is 4.79 Å². The lowest BCUT2D eigenvalue weighted by molar-refractivity contribution is 0.102. The summed E-state index contributed by atoms with van der Waals surface area (Å²) in [5.41, 5.74) is 3.04. The van der Waals surface area contributed by atoms with E-state index in [1.807, 2.05) is 67.7 Å². The summed E-state index contributed by atoms with van der Waals surface area (Å²) in [5, 5.41) is 10.8. The number of para-hydroxylation sites is 1. The Balaban J connectivity index is 1.57. The molecule has 0 saturated carbocycles. The number of rotatable bonds is 5. The van der Waals surface area contributed by atoms with Crippen molar-refractivity contribution in [2.24, 2.45) is 0 Å². The number of hydrogen-bond acceptors (Lipinski definition) is 6. The Morgan fingerprint density at radius 3 is 2.82 bits per heavy atom. The number of anilines is 1. The minimum Gasteiger partial charge on any atom is -0.304 e. The van der Waals surface area contributed by atoms with Crippen LogP contribution in [0.3, 0.4) is 0 Å². The number of carbonyl (C=O) groups is 1. The van der Waals surface area contributed by atoms with Gasteiger partial charge in [-0.25, -0.2) is 14.6 Å². The van der Waals surface area contributed by atoms with E-state index in [4.69, 9.17) is 0 Å². The molecule has 0 aliphatic rings. The molecule has 142 valence electrons. The summed E-state index contributed by atoms with van der Waals surface area (Å²) in [7, 11) is 3.96. The van der Waals surface area contributed by atoms with Gasteiger partial charge in [-0.3, -0.25) is 10.1 Å². The molecule has 3 aromatic heterocycles. The van der Waals surface area contributed by atoms with E-state index in [1.54, 1.807) is 10.9 Å². The minimum absolute atomic E-state index is 0.227. The number of hydrogen-bond donors (Lipinski definition) is 1. The smallest absolute Gasteiger partial charge is 0.260 e. The second-order valence-corrected chi connectivity index (χ2v) is 7.61. The van der Waals surface area contributed by atoms with Crippen LogP contribution in [0.2, 0.25) is 0 Å². The number of nitrogens with zero attached hydrogens (tertiary/aromatic N) is 5. The first-order valence-corrected chi connectivity index (χ1v) is 9.70. The highest BCUT2D eigenvalue weighted by atomic mass is 32.1. The predicted molar refractivity (Wildman–Crippen MR) is 111 cm³/mol. The van der Waals surface area contributed by atoms with Crippen molar-refractivity contribution in [3.8, 4) is 5.82 Å². The van der Waals surface area contributed by atoms with Crippen molar-refractivity contribution in [1.82, 2.24) is 24.6 Å². The molecule has 0 spiro atoms. The number of nitrogens with one attached hydrogen (secondary N) is 1. The fourth-order valence-corrected chi connectivity index (χ4v) is 3.66. The van der Waals surface area contributed by atoms with Gasteiger partial charge in [-0.05, 0) is 39.2 Å². The van der Waals surface area contributed by atoms with Crippen molar-refractivity contribution in [2.45, 2.75) is 13.5 Å². The molecule has 4 aromatic rings. The number of aromatic nitrogens is 4. The minimum atomic E-state index is -0.227. The third-order valence-electron chi connectivity index (χ3n) is 4.31. The monoisotopic (exact) mass is 392 g/mol. The molecule has 0 atom stereocenters. The van der Waals surface area contributed by atoms with Crippen molar-refractivity contribution >= 4 is 33.3 Å². The molecule has 4 rings (SSSR count). The highest BCUT2D eigenvalue weighted by molar-refractivity contribution is 7.14. The second-order valence-electron chi connectivity index (χ2n) is 6.75. The van der Waals surface area contributed by atoms with E-state index in [0.717, 1.165) is 28.8 Å². The Bertz CT molecular complexity index is 1150. The maximum atomic E-state index is 12.7. The zero-order valence-electron chi connectivity index (χ0n) is 15.9. The maximum absolute atomic E-state index is 12.7. The summed E-state index contributed by atoms with van der Waals surface area (Å²) in [5.74, 6) is 0.452. The van der Waals surface area contributed by atoms with Crippen molar-refractivity contribution in [2.75, 3.05) is 19.4 Å². The Morgan fingerprint density at radius 2 is 2.00 bits per heavy atom. The first-order chi connectivity index (χ1) is 13.5. The van der Waals surface area contributed by atoms with Gasteiger partial charge >= 0.3 is 0 Å². The number of pyridine rings is 1. The maximum Gasteiger partial charge on any atom is 0.260 e. The molecular weight excluding hydrogens is 372 g/mol. The van der Waals surface area contributed by atoms with E-state index in [1.165, 1.54) is 11.3 Å². The first-order valence-electron chi connectivity index (χ1n) is 8.82. The van der Waals surface area contributed by atoms with Crippen LogP contribution in [-0.2, 0) is 6.54 Å². The van der Waals surface area contributed by atoms with Crippen LogP contribution >= 0.6 is 11.3 Å². The summed E-state index contributed by atoms with van der Waals surface area (Å²) < 4.78 is 1.68. The van der Waals surface area contributed by atoms with Gasteiger partial charge in [-0.1, -0.05) is 18.2 Å². The van der Waals surface area contributed by atoms with Gasteiger partial charge in [0.1, 0.15) is 0 Å². The third-order valence-corrected chi connectivity index (χ3v) is 5.11. The lowest BCUT2D eigenvalue weighted by Gasteiger charge is -2.06. The number of fused-ring (bicyclic) bond motifs is 1. The fourth-order valence-electron chi connectivity index (χ4n) is 2.96. The largest absolute Gasteiger partial charge is 0.304 e. The molecule has 0 bridgehead atoms. The zero-order valence-corrected chi connectivity index (χ0v) is 16.7. The van der Waals surface area contributed by atoms with Gasteiger partial charge in [0.15, 0.2) is 10.9 Å². The summed E-state index contributed by atoms with van der Waals surface area (Å²) in [6.45, 7) is 2.59. The van der Waals surface area contributed by atoms with Crippen LogP contribution in [0, 0.1) is 6.92 Å². The molecule has 0 aliphatic heterocycles. The van der Waals surface area contributed by atoms with Crippen LogP contribution in [0.4, 0.5) is 5.13 Å². The summed E-state index contributed by atoms with van der Waals surface area (Å²) >= 11 is 1.42. The highest BCUT2D eigenvalue weighted by Gasteiger charge is 2.17. The van der Waals surface area contributed by atoms with Gasteiger partial charge < -0.3 is 4.90 Å². The molecule has 7 nitrogen and oxygen atoms in total. The predicted octanol–water partition coefficient (Wildman–Crippen LogP) is 3.50. The van der Waals surface area contributed by atoms with Gasteiger partial charge in [0.25, 0.3) is 5.91 Å². The molecule has 1 amide bonds. The fraction of sp³-hybridized carbons (Fsp3) is 0.200. The van der Waals surface area contributed by atoms with Crippen LogP contribution in [0.15, 0.2) is 48.0 Å². The Morgan fingerprint density at radius 1 is 1.18 bits per heavy atom. The Labute approximate surface area is 166 Å².